The van der Waals surface area contributed by atoms with Gasteiger partial charge in [0.2, 0.25) is 5.91 Å². The van der Waals surface area contributed by atoms with Gasteiger partial charge in [0.15, 0.2) is 0 Å². The Morgan fingerprint density at radius 1 is 0.625 bits per heavy atom. The normalized spacial score (nSPS) is 11.2. The van der Waals surface area contributed by atoms with Crippen molar-refractivity contribution in [2.45, 2.75) is 6.92 Å². The quantitative estimate of drug-likeness (QED) is 0.175. The summed E-state index contributed by atoms with van der Waals surface area (Å²) in [4.78, 5) is 11.2. The first-order valence-corrected chi connectivity index (χ1v) is 10.7. The minimum absolute atomic E-state index is 0.0788. The van der Waals surface area contributed by atoms with Crippen LogP contribution in [-0.4, -0.2) is 5.91 Å². The largest absolute Gasteiger partial charge is 0.326 e. The van der Waals surface area contributed by atoms with Crippen molar-refractivity contribution >= 4 is 54.7 Å². The zero-order valence-electron chi connectivity index (χ0n) is 17.6. The average molecular weight is 409 g/mol. The van der Waals surface area contributed by atoms with E-state index in [0.29, 0.717) is 0 Å². The van der Waals surface area contributed by atoms with Gasteiger partial charge in [-0.05, 0) is 73.4 Å². The molecule has 0 fully saturated rings. The smallest absolute Gasteiger partial charge is 0.221 e. The highest BCUT2D eigenvalue weighted by Crippen LogP contribution is 2.40. The summed E-state index contributed by atoms with van der Waals surface area (Å²) in [5, 5.41) is 12.9. The molecule has 0 radical (unpaired) electrons. The summed E-state index contributed by atoms with van der Waals surface area (Å²) in [6.45, 7) is 1.50. The number of carbonyl (C=O) groups excluding carboxylic acids is 1. The van der Waals surface area contributed by atoms with E-state index in [4.69, 9.17) is 0 Å². The Labute approximate surface area is 185 Å². The molecule has 0 aliphatic rings. The lowest BCUT2D eigenvalue weighted by Crippen LogP contribution is -2.05. The van der Waals surface area contributed by atoms with Crippen LogP contribution >= 0.6 is 0 Å². The van der Waals surface area contributed by atoms with E-state index in [0.717, 1.165) is 16.8 Å². The summed E-state index contributed by atoms with van der Waals surface area (Å²) in [5.41, 5.74) is 2.70. The van der Waals surface area contributed by atoms with Crippen molar-refractivity contribution in [2.75, 3.05) is 5.32 Å². The molecule has 2 heteroatoms. The van der Waals surface area contributed by atoms with Crippen molar-refractivity contribution in [1.29, 1.82) is 0 Å². The maximum atomic E-state index is 11.2. The molecular weight excluding hydrogens is 390 g/mol. The van der Waals surface area contributed by atoms with E-state index in [1.54, 1.807) is 0 Å². The maximum Gasteiger partial charge on any atom is 0.221 e. The second-order valence-electron chi connectivity index (χ2n) is 8.11. The molecule has 0 spiro atoms. The van der Waals surface area contributed by atoms with Crippen LogP contribution in [0, 0.1) is 11.8 Å². The number of carbonyl (C=O) groups is 1. The highest BCUT2D eigenvalue weighted by molar-refractivity contribution is 6.33. The van der Waals surface area contributed by atoms with Crippen molar-refractivity contribution in [3.63, 3.8) is 0 Å². The minimum Gasteiger partial charge on any atom is -0.326 e. The lowest BCUT2D eigenvalue weighted by molar-refractivity contribution is -0.114. The van der Waals surface area contributed by atoms with Crippen molar-refractivity contribution in [2.24, 2.45) is 0 Å². The zero-order chi connectivity index (χ0) is 21.7. The van der Waals surface area contributed by atoms with Crippen LogP contribution in [0.3, 0.4) is 0 Å². The van der Waals surface area contributed by atoms with Gasteiger partial charge in [0.05, 0.1) is 0 Å². The van der Waals surface area contributed by atoms with Gasteiger partial charge < -0.3 is 5.32 Å². The van der Waals surface area contributed by atoms with E-state index in [9.17, 15) is 4.79 Å². The molecule has 6 rings (SSSR count). The van der Waals surface area contributed by atoms with Crippen LogP contribution < -0.4 is 5.32 Å². The van der Waals surface area contributed by atoms with E-state index >= 15 is 0 Å². The van der Waals surface area contributed by atoms with Crippen molar-refractivity contribution < 1.29 is 4.79 Å². The number of benzene rings is 6. The highest BCUT2D eigenvalue weighted by Gasteiger charge is 2.13. The second kappa shape index (κ2) is 7.11. The first kappa shape index (κ1) is 18.4. The third kappa shape index (κ3) is 2.87. The summed E-state index contributed by atoms with van der Waals surface area (Å²) in [6.07, 6.45) is 0. The van der Waals surface area contributed by atoms with Crippen molar-refractivity contribution in [3.05, 3.63) is 102 Å². The third-order valence-corrected chi connectivity index (χ3v) is 6.07. The second-order valence-corrected chi connectivity index (χ2v) is 8.11. The van der Waals surface area contributed by atoms with Gasteiger partial charge in [-0.2, -0.15) is 0 Å². The Kier molecular flexibility index (Phi) is 4.09. The number of amides is 1. The Balaban J connectivity index is 1.55. The molecule has 1 amide bonds. The lowest BCUT2D eigenvalue weighted by atomic mass is 9.88. The van der Waals surface area contributed by atoms with Gasteiger partial charge in [-0.3, -0.25) is 4.79 Å². The van der Waals surface area contributed by atoms with Crippen LogP contribution in [0.15, 0.2) is 91.0 Å². The third-order valence-electron chi connectivity index (χ3n) is 6.07. The number of hydrogen-bond donors (Lipinski definition) is 1. The van der Waals surface area contributed by atoms with Crippen molar-refractivity contribution in [1.82, 2.24) is 0 Å². The van der Waals surface area contributed by atoms with Crippen LogP contribution in [0.4, 0.5) is 5.69 Å². The standard InChI is InChI=1S/C30H19NO/c1-19(32)31-23-16-12-20(13-17-23)11-14-21-15-18-28-26-9-3-6-22-5-2-8-25(29(22)26)27-10-4-7-24(21)30(27)28/h2-10,12-13,15-18H,1H3,(H,31,32). The number of fused-ring (bicyclic) bond motifs is 2. The molecule has 0 bridgehead atoms. The van der Waals surface area contributed by atoms with Gasteiger partial charge in [-0.15, -0.1) is 0 Å². The van der Waals surface area contributed by atoms with E-state index in [1.807, 2.05) is 24.3 Å². The number of anilines is 1. The highest BCUT2D eigenvalue weighted by atomic mass is 16.1. The first-order valence-electron chi connectivity index (χ1n) is 10.7. The molecule has 0 heterocycles. The Morgan fingerprint density at radius 3 is 1.91 bits per heavy atom. The molecule has 32 heavy (non-hydrogen) atoms. The van der Waals surface area contributed by atoms with Gasteiger partial charge in [0.25, 0.3) is 0 Å². The molecule has 150 valence electrons. The minimum atomic E-state index is -0.0788. The van der Waals surface area contributed by atoms with Crippen LogP contribution in [-0.2, 0) is 4.79 Å². The molecule has 6 aromatic carbocycles. The predicted molar refractivity (Wildman–Crippen MR) is 134 cm³/mol. The zero-order valence-corrected chi connectivity index (χ0v) is 17.6. The van der Waals surface area contributed by atoms with Crippen LogP contribution in [0.25, 0.3) is 43.1 Å². The van der Waals surface area contributed by atoms with Gasteiger partial charge in [0, 0.05) is 23.7 Å². The fourth-order valence-corrected chi connectivity index (χ4v) is 4.73. The Morgan fingerprint density at radius 2 is 1.22 bits per heavy atom. The molecule has 0 saturated carbocycles. The van der Waals surface area contributed by atoms with Crippen LogP contribution in [0.1, 0.15) is 18.1 Å². The fourth-order valence-electron chi connectivity index (χ4n) is 4.73. The monoisotopic (exact) mass is 409 g/mol. The lowest BCUT2D eigenvalue weighted by Gasteiger charge is -2.14. The molecular formula is C30H19NO. The summed E-state index contributed by atoms with van der Waals surface area (Å²) in [5.74, 6) is 6.58. The fraction of sp³-hybridized carbons (Fsp3) is 0.0333. The van der Waals surface area contributed by atoms with Crippen LogP contribution in [0.2, 0.25) is 0 Å². The predicted octanol–water partition coefficient (Wildman–Crippen LogP) is 7.10. The first-order chi connectivity index (χ1) is 15.7. The van der Waals surface area contributed by atoms with E-state index in [-0.39, 0.29) is 5.91 Å². The number of hydrogen-bond acceptors (Lipinski definition) is 1. The Hall–Kier alpha value is -4.35. The summed E-state index contributed by atoms with van der Waals surface area (Å²) < 4.78 is 0. The topological polar surface area (TPSA) is 29.1 Å². The molecule has 0 aliphatic carbocycles. The molecule has 0 saturated heterocycles. The Bertz CT molecular complexity index is 1670. The van der Waals surface area contributed by atoms with Gasteiger partial charge in [-0.1, -0.05) is 72.5 Å². The maximum absolute atomic E-state index is 11.2. The molecule has 0 atom stereocenters. The molecule has 0 aromatic heterocycles. The number of rotatable bonds is 1. The van der Waals surface area contributed by atoms with Gasteiger partial charge in [0.1, 0.15) is 0 Å². The van der Waals surface area contributed by atoms with Crippen LogP contribution in [0.5, 0.6) is 0 Å². The molecule has 0 unspecified atom stereocenters. The summed E-state index contributed by atoms with van der Waals surface area (Å²) >= 11 is 0. The summed E-state index contributed by atoms with van der Waals surface area (Å²) in [6, 6.07) is 31.6. The molecule has 2 nitrogen and oxygen atoms in total. The molecule has 6 aromatic rings. The SMILES string of the molecule is CC(=O)Nc1ccc(C#Cc2ccc3c4cccc5cccc(c6cccc2c63)c54)cc1. The van der Waals surface area contributed by atoms with E-state index in [2.05, 4.69) is 83.9 Å². The molecule has 1 N–H and O–H groups in total. The van der Waals surface area contributed by atoms with Gasteiger partial charge >= 0.3 is 0 Å². The van der Waals surface area contributed by atoms with E-state index in [1.165, 1.54) is 50.0 Å². The van der Waals surface area contributed by atoms with Gasteiger partial charge in [-0.25, -0.2) is 0 Å². The molecule has 0 aliphatic heterocycles. The van der Waals surface area contributed by atoms with Crippen molar-refractivity contribution in [3.8, 4) is 11.8 Å². The number of nitrogens with one attached hydrogen (secondary N) is 1. The van der Waals surface area contributed by atoms with E-state index < -0.39 is 0 Å². The average Bonchev–Trinajstić information content (AvgIpc) is 2.82. The summed E-state index contributed by atoms with van der Waals surface area (Å²) in [7, 11) is 0.